The lowest BCUT2D eigenvalue weighted by Crippen LogP contribution is -1.98. The molecule has 0 bridgehead atoms. The van der Waals surface area contributed by atoms with E-state index in [4.69, 9.17) is 1.37 Å². The number of carbonyl (C=O) groups is 1. The monoisotopic (exact) mass is 112 g/mol. The minimum absolute atomic E-state index is 0.0625. The second-order valence-corrected chi connectivity index (χ2v) is 1.41. The summed E-state index contributed by atoms with van der Waals surface area (Å²) in [6.45, 7) is 2.44. The number of cyclic esters (lactones) is 1. The number of aliphatic imine (C=N–C) groups is 1. The van der Waals surface area contributed by atoms with E-state index < -0.39 is 5.97 Å². The average molecular weight is 112 g/mol. The first-order chi connectivity index (χ1) is 4.24. The molecule has 0 amide bonds. The number of nitrogens with zero attached hydrogens (tertiary/aromatic N) is 1. The predicted octanol–water partition coefficient (Wildman–Crippen LogP) is 0.475. The van der Waals surface area contributed by atoms with Gasteiger partial charge in [0.25, 0.3) is 0 Å². The molecule has 0 saturated heterocycles. The summed E-state index contributed by atoms with van der Waals surface area (Å²) >= 11 is 0. The Morgan fingerprint density at radius 2 is 2.75 bits per heavy atom. The number of esters is 1. The Bertz CT molecular complexity index is 207. The zero-order valence-corrected chi connectivity index (χ0v) is 4.34. The molecule has 0 aromatic rings. The van der Waals surface area contributed by atoms with Crippen LogP contribution in [-0.4, -0.2) is 11.9 Å². The first-order valence-corrected chi connectivity index (χ1v) is 2.10. The fourth-order valence-corrected chi connectivity index (χ4v) is 0.425. The Balaban J connectivity index is 2.89. The van der Waals surface area contributed by atoms with Gasteiger partial charge in [-0.1, -0.05) is 6.55 Å². The summed E-state index contributed by atoms with van der Waals surface area (Å²) in [5.41, 5.74) is 0.0625. The van der Waals surface area contributed by atoms with Gasteiger partial charge in [-0.25, -0.2) is 9.79 Å². The van der Waals surface area contributed by atoms with Crippen molar-refractivity contribution < 1.29 is 10.9 Å². The molecule has 0 saturated carbocycles. The van der Waals surface area contributed by atoms with Gasteiger partial charge in [0, 0.05) is 6.92 Å². The summed E-state index contributed by atoms with van der Waals surface area (Å²) in [5, 5.41) is 0. The lowest BCUT2D eigenvalue weighted by atomic mass is 10.5. The zero-order valence-electron chi connectivity index (χ0n) is 5.34. The van der Waals surface area contributed by atoms with E-state index in [1.54, 1.807) is 6.92 Å². The minimum atomic E-state index is -0.539. The summed E-state index contributed by atoms with van der Waals surface area (Å²) in [6, 6.07) is 0. The molecule has 0 aromatic heterocycles. The van der Waals surface area contributed by atoms with Crippen LogP contribution < -0.4 is 0 Å². The van der Waals surface area contributed by atoms with E-state index in [0.717, 1.165) is 6.55 Å². The van der Waals surface area contributed by atoms with Crippen molar-refractivity contribution in [3.8, 4) is 0 Å². The van der Waals surface area contributed by atoms with Crippen LogP contribution in [0.1, 0.15) is 8.29 Å². The van der Waals surface area contributed by atoms with Crippen molar-refractivity contribution in [2.24, 2.45) is 4.99 Å². The van der Waals surface area contributed by atoms with Gasteiger partial charge in [-0.05, 0) is 0 Å². The molecule has 1 aliphatic rings. The third-order valence-corrected chi connectivity index (χ3v) is 0.727. The number of hydrogen-bond acceptors (Lipinski definition) is 3. The van der Waals surface area contributed by atoms with E-state index >= 15 is 0 Å². The van der Waals surface area contributed by atoms with Crippen molar-refractivity contribution in [2.45, 2.75) is 6.92 Å². The Morgan fingerprint density at radius 1 is 2.00 bits per heavy atom. The molecule has 0 radical (unpaired) electrons. The van der Waals surface area contributed by atoms with Gasteiger partial charge in [-0.3, -0.25) is 0 Å². The molecule has 0 aromatic carbocycles. The smallest absolute Gasteiger partial charge is 0.362 e. The molecule has 0 unspecified atom stereocenters. The summed E-state index contributed by atoms with van der Waals surface area (Å²) < 4.78 is 11.1. The minimum Gasteiger partial charge on any atom is -0.407 e. The van der Waals surface area contributed by atoms with Crippen LogP contribution in [0.25, 0.3) is 0 Å². The molecular formula is C5H5NO2. The van der Waals surface area contributed by atoms with Crippen molar-refractivity contribution >= 4 is 11.9 Å². The quantitative estimate of drug-likeness (QED) is 0.337. The first-order valence-electron chi connectivity index (χ1n) is 2.68. The first kappa shape index (κ1) is 3.83. The highest BCUT2D eigenvalue weighted by atomic mass is 16.6. The number of hydrogen-bond donors (Lipinski definition) is 0. The van der Waals surface area contributed by atoms with E-state index in [2.05, 4.69) is 9.73 Å². The van der Waals surface area contributed by atoms with Gasteiger partial charge in [0.1, 0.15) is 5.70 Å². The molecule has 1 rings (SSSR count). The summed E-state index contributed by atoms with van der Waals surface area (Å²) in [4.78, 5) is 14.1. The molecule has 3 heteroatoms. The van der Waals surface area contributed by atoms with Gasteiger partial charge in [-0.2, -0.15) is 0 Å². The van der Waals surface area contributed by atoms with Gasteiger partial charge in [0.05, 0.1) is 1.37 Å². The maximum atomic E-state index is 10.5. The number of rotatable bonds is 0. The Hall–Kier alpha value is -1.12. The molecule has 42 valence electrons. The van der Waals surface area contributed by atoms with Gasteiger partial charge in [-0.15, -0.1) is 0 Å². The van der Waals surface area contributed by atoms with Crippen molar-refractivity contribution in [2.75, 3.05) is 0 Å². The molecule has 0 N–H and O–H groups in total. The molecule has 3 nitrogen and oxygen atoms in total. The second kappa shape index (κ2) is 1.43. The molecule has 0 aliphatic carbocycles. The molecular weight excluding hydrogens is 106 g/mol. The highest BCUT2D eigenvalue weighted by Crippen LogP contribution is 2.05. The van der Waals surface area contributed by atoms with Crippen molar-refractivity contribution in [3.05, 3.63) is 12.3 Å². The van der Waals surface area contributed by atoms with Gasteiger partial charge in [0.2, 0.25) is 0 Å². The molecule has 0 fully saturated rings. The average Bonchev–Trinajstić information content (AvgIpc) is 2.10. The van der Waals surface area contributed by atoms with Crippen molar-refractivity contribution in [1.29, 1.82) is 0 Å². The topological polar surface area (TPSA) is 38.7 Å². The van der Waals surface area contributed by atoms with E-state index in [1.807, 2.05) is 0 Å². The summed E-state index contributed by atoms with van der Waals surface area (Å²) in [5.74, 6) is -0.235. The predicted molar refractivity (Wildman–Crippen MR) is 28.3 cm³/mol. The van der Waals surface area contributed by atoms with Gasteiger partial charge < -0.3 is 4.74 Å². The third kappa shape index (κ3) is 0.621. The highest BCUT2D eigenvalue weighted by molar-refractivity contribution is 6.03. The van der Waals surface area contributed by atoms with E-state index in [-0.39, 0.29) is 5.70 Å². The van der Waals surface area contributed by atoms with Crippen LogP contribution in [0.5, 0.6) is 0 Å². The molecule has 0 atom stereocenters. The molecule has 1 heterocycles. The second-order valence-electron chi connectivity index (χ2n) is 1.41. The molecule has 1 aliphatic heterocycles. The largest absolute Gasteiger partial charge is 0.407 e. The molecule has 0 spiro atoms. The number of carbonyl (C=O) groups excluding carboxylic acids is 1. The maximum Gasteiger partial charge on any atom is 0.362 e. The van der Waals surface area contributed by atoms with Crippen LogP contribution in [0.15, 0.2) is 17.2 Å². The number of ether oxygens (including phenoxy) is 1. The SMILES string of the molecule is [2H]/C=C1\N=C(C)OC1=O. The highest BCUT2D eigenvalue weighted by Gasteiger charge is 2.16. The van der Waals surface area contributed by atoms with E-state index in [9.17, 15) is 4.79 Å². The maximum absolute atomic E-state index is 10.5. The fraction of sp³-hybridized carbons (Fsp3) is 0.200. The van der Waals surface area contributed by atoms with E-state index in [1.165, 1.54) is 0 Å². The zero-order chi connectivity index (χ0) is 6.85. The van der Waals surface area contributed by atoms with Crippen molar-refractivity contribution in [3.63, 3.8) is 0 Å². The van der Waals surface area contributed by atoms with Crippen molar-refractivity contribution in [1.82, 2.24) is 0 Å². The summed E-state index contributed by atoms with van der Waals surface area (Å²) in [7, 11) is 0. The third-order valence-electron chi connectivity index (χ3n) is 0.727. The normalized spacial score (nSPS) is 25.1. The standard InChI is InChI=1S/C5H5NO2/c1-3-5(7)8-4(2)6-3/h1H2,2H3/i1D/b3-1-. The van der Waals surface area contributed by atoms with Crippen LogP contribution in [0.2, 0.25) is 0 Å². The Labute approximate surface area is 48.1 Å². The van der Waals surface area contributed by atoms with Crippen LogP contribution >= 0.6 is 0 Å². The van der Waals surface area contributed by atoms with Crippen LogP contribution in [-0.2, 0) is 9.53 Å². The Kier molecular flexibility index (Phi) is 0.687. The van der Waals surface area contributed by atoms with Gasteiger partial charge in [0.15, 0.2) is 5.90 Å². The fourth-order valence-electron chi connectivity index (χ4n) is 0.425. The lowest BCUT2D eigenvalue weighted by Gasteiger charge is -1.84. The van der Waals surface area contributed by atoms with Crippen LogP contribution in [0.3, 0.4) is 0 Å². The van der Waals surface area contributed by atoms with Gasteiger partial charge >= 0.3 is 5.97 Å². The Morgan fingerprint density at radius 3 is 3.00 bits per heavy atom. The van der Waals surface area contributed by atoms with Crippen LogP contribution in [0.4, 0.5) is 0 Å². The lowest BCUT2D eigenvalue weighted by molar-refractivity contribution is -0.130. The van der Waals surface area contributed by atoms with Crippen LogP contribution in [0, 0.1) is 0 Å². The van der Waals surface area contributed by atoms with E-state index in [0.29, 0.717) is 5.90 Å². The molecule has 8 heavy (non-hydrogen) atoms. The summed E-state index contributed by atoms with van der Waals surface area (Å²) in [6.07, 6.45) is 0.